The molecule has 7 nitrogen and oxygen atoms in total. The van der Waals surface area contributed by atoms with Crippen LogP contribution in [0.15, 0.2) is 0 Å². The van der Waals surface area contributed by atoms with E-state index < -0.39 is 0 Å². The molecule has 0 spiro atoms. The van der Waals surface area contributed by atoms with Gasteiger partial charge in [0.25, 0.3) is 0 Å². The molecule has 0 unspecified atom stereocenters. The lowest BCUT2D eigenvalue weighted by molar-refractivity contribution is -0.143. The van der Waals surface area contributed by atoms with Crippen LogP contribution in [0.3, 0.4) is 0 Å². The number of unbranched alkanes of at least 4 members (excludes halogenated alkanes) is 3. The summed E-state index contributed by atoms with van der Waals surface area (Å²) < 4.78 is 4.87. The first-order chi connectivity index (χ1) is 12.6. The van der Waals surface area contributed by atoms with E-state index in [1.54, 1.807) is 6.92 Å². The molecule has 2 saturated heterocycles. The molecule has 0 bridgehead atoms. The van der Waals surface area contributed by atoms with Crippen LogP contribution in [0.5, 0.6) is 0 Å². The molecule has 3 amide bonds. The zero-order valence-electron chi connectivity index (χ0n) is 15.6. The summed E-state index contributed by atoms with van der Waals surface area (Å²) in [5, 5.41) is 9.34. The molecule has 0 saturated carbocycles. The van der Waals surface area contributed by atoms with Crippen LogP contribution in [0.4, 0.5) is 4.79 Å². The van der Waals surface area contributed by atoms with Crippen LogP contribution in [0.2, 0.25) is 0 Å². The lowest BCUT2D eigenvalue weighted by Crippen LogP contribution is -2.36. The molecule has 0 aromatic heterocycles. The third-order valence-corrected chi connectivity index (χ3v) is 6.27. The van der Waals surface area contributed by atoms with Crippen LogP contribution in [0, 0.1) is 0 Å². The van der Waals surface area contributed by atoms with E-state index in [9.17, 15) is 14.4 Å². The number of thioether (sulfide) groups is 1. The van der Waals surface area contributed by atoms with Gasteiger partial charge in [0, 0.05) is 30.4 Å². The van der Waals surface area contributed by atoms with Gasteiger partial charge in [0.1, 0.15) is 0 Å². The molecule has 0 aliphatic carbocycles. The van der Waals surface area contributed by atoms with Crippen molar-refractivity contribution in [1.82, 2.24) is 16.0 Å². The van der Waals surface area contributed by atoms with E-state index in [0.29, 0.717) is 31.2 Å². The molecule has 3 N–H and O–H groups in total. The highest BCUT2D eigenvalue weighted by atomic mass is 32.2. The molecular formula is C18H31N3O4S. The van der Waals surface area contributed by atoms with Gasteiger partial charge < -0.3 is 20.7 Å². The van der Waals surface area contributed by atoms with Gasteiger partial charge in [0.15, 0.2) is 0 Å². The number of carbonyl (C=O) groups excluding carboxylic acids is 3. The largest absolute Gasteiger partial charge is 0.466 e. The quantitative estimate of drug-likeness (QED) is 0.271. The Morgan fingerprint density at radius 3 is 2.77 bits per heavy atom. The summed E-state index contributed by atoms with van der Waals surface area (Å²) >= 11 is 1.91. The third kappa shape index (κ3) is 7.05. The number of hydrogen-bond donors (Lipinski definition) is 3. The normalized spacial score (nSPS) is 23.9. The van der Waals surface area contributed by atoms with Crippen LogP contribution >= 0.6 is 11.8 Å². The first-order valence-corrected chi connectivity index (χ1v) is 10.8. The lowest BCUT2D eigenvalue weighted by atomic mass is 10.0. The van der Waals surface area contributed by atoms with Gasteiger partial charge in [-0.1, -0.05) is 12.8 Å². The Kier molecular flexibility index (Phi) is 9.08. The average molecular weight is 386 g/mol. The molecule has 0 aromatic rings. The van der Waals surface area contributed by atoms with Gasteiger partial charge in [-0.25, -0.2) is 4.79 Å². The number of esters is 1. The highest BCUT2D eigenvalue weighted by Gasteiger charge is 2.42. The monoisotopic (exact) mass is 385 g/mol. The molecular weight excluding hydrogens is 354 g/mol. The van der Waals surface area contributed by atoms with E-state index >= 15 is 0 Å². The summed E-state index contributed by atoms with van der Waals surface area (Å²) in [5.74, 6) is 0.935. The summed E-state index contributed by atoms with van der Waals surface area (Å²) in [4.78, 5) is 34.4. The second kappa shape index (κ2) is 11.3. The Labute approximate surface area is 159 Å². The number of fused-ring (bicyclic) bond motifs is 1. The van der Waals surface area contributed by atoms with Crippen molar-refractivity contribution in [2.24, 2.45) is 0 Å². The Hall–Kier alpha value is -1.44. The van der Waals surface area contributed by atoms with Crippen LogP contribution < -0.4 is 16.0 Å². The Morgan fingerprint density at radius 1 is 1.15 bits per heavy atom. The van der Waals surface area contributed by atoms with Crippen molar-refractivity contribution in [3.05, 3.63) is 0 Å². The van der Waals surface area contributed by atoms with Gasteiger partial charge >= 0.3 is 12.0 Å². The van der Waals surface area contributed by atoms with Gasteiger partial charge in [-0.3, -0.25) is 9.59 Å². The Bertz CT molecular complexity index is 489. The fraction of sp³-hybridized carbons (Fsp3) is 0.833. The first-order valence-electron chi connectivity index (χ1n) is 9.71. The van der Waals surface area contributed by atoms with E-state index in [0.717, 1.165) is 44.3 Å². The van der Waals surface area contributed by atoms with Crippen molar-refractivity contribution >= 4 is 29.7 Å². The molecule has 2 aliphatic rings. The first kappa shape index (κ1) is 20.9. The number of nitrogens with one attached hydrogen (secondary N) is 3. The summed E-state index contributed by atoms with van der Waals surface area (Å²) in [6.07, 6.45) is 6.54. The Morgan fingerprint density at radius 2 is 1.96 bits per heavy atom. The molecule has 26 heavy (non-hydrogen) atoms. The SMILES string of the molecule is CCOC(=O)CCCCCNC(=O)CCCC[C@@H]1SC[C@@H]2NC(=O)N[C@@H]21. The topological polar surface area (TPSA) is 96.5 Å². The highest BCUT2D eigenvalue weighted by Crippen LogP contribution is 2.33. The average Bonchev–Trinajstić information content (AvgIpc) is 3.14. The summed E-state index contributed by atoms with van der Waals surface area (Å²) in [6.45, 7) is 2.91. The molecule has 3 atom stereocenters. The second-order valence-corrected chi connectivity index (χ2v) is 8.11. The zero-order chi connectivity index (χ0) is 18.8. The summed E-state index contributed by atoms with van der Waals surface area (Å²) in [6, 6.07) is 0.465. The number of carbonyl (C=O) groups is 3. The minimum Gasteiger partial charge on any atom is -0.466 e. The van der Waals surface area contributed by atoms with Crippen molar-refractivity contribution in [3.8, 4) is 0 Å². The van der Waals surface area contributed by atoms with E-state index in [1.165, 1.54) is 0 Å². The van der Waals surface area contributed by atoms with Crippen LogP contribution in [-0.2, 0) is 14.3 Å². The van der Waals surface area contributed by atoms with E-state index in [4.69, 9.17) is 4.74 Å². The van der Waals surface area contributed by atoms with Crippen molar-refractivity contribution in [2.75, 3.05) is 18.9 Å². The Balaban J connectivity index is 1.42. The summed E-state index contributed by atoms with van der Waals surface area (Å²) in [7, 11) is 0. The number of amides is 3. The molecule has 0 radical (unpaired) electrons. The summed E-state index contributed by atoms with van der Waals surface area (Å²) in [5.41, 5.74) is 0. The maximum absolute atomic E-state index is 11.8. The molecule has 0 aromatic carbocycles. The van der Waals surface area contributed by atoms with Gasteiger partial charge in [0.05, 0.1) is 18.7 Å². The van der Waals surface area contributed by atoms with E-state index in [2.05, 4.69) is 16.0 Å². The van der Waals surface area contributed by atoms with Gasteiger partial charge in [-0.15, -0.1) is 0 Å². The lowest BCUT2D eigenvalue weighted by Gasteiger charge is -2.16. The van der Waals surface area contributed by atoms with E-state index in [-0.39, 0.29) is 30.0 Å². The number of rotatable bonds is 12. The molecule has 8 heteroatoms. The van der Waals surface area contributed by atoms with Crippen LogP contribution in [0.25, 0.3) is 0 Å². The molecule has 2 aliphatic heterocycles. The van der Waals surface area contributed by atoms with Crippen LogP contribution in [0.1, 0.15) is 58.3 Å². The molecule has 2 fully saturated rings. The minimum atomic E-state index is -0.142. The number of ether oxygens (including phenoxy) is 1. The van der Waals surface area contributed by atoms with Gasteiger partial charge in [0.2, 0.25) is 5.91 Å². The molecule has 148 valence electrons. The smallest absolute Gasteiger partial charge is 0.315 e. The van der Waals surface area contributed by atoms with Gasteiger partial charge in [-0.05, 0) is 32.6 Å². The van der Waals surface area contributed by atoms with Crippen molar-refractivity contribution in [3.63, 3.8) is 0 Å². The standard InChI is InChI=1S/C18H31N3O4S/c1-2-25-16(23)10-4-3-7-11-19-15(22)9-6-5-8-14-17-13(12-26-14)20-18(24)21-17/h13-14,17H,2-12H2,1H3,(H,19,22)(H2,20,21,24)/t13-,14-,17-/m0/s1. The maximum atomic E-state index is 11.8. The molecule has 2 rings (SSSR count). The minimum absolute atomic E-state index is 0.0491. The van der Waals surface area contributed by atoms with Gasteiger partial charge in [-0.2, -0.15) is 11.8 Å². The predicted octanol–water partition coefficient (Wildman–Crippen LogP) is 1.95. The highest BCUT2D eigenvalue weighted by molar-refractivity contribution is 8.00. The fourth-order valence-corrected chi connectivity index (χ4v) is 4.94. The third-order valence-electron chi connectivity index (χ3n) is 4.77. The van der Waals surface area contributed by atoms with Crippen molar-refractivity contribution in [2.45, 2.75) is 75.6 Å². The zero-order valence-corrected chi connectivity index (χ0v) is 16.4. The number of urea groups is 1. The fourth-order valence-electron chi connectivity index (χ4n) is 3.39. The number of hydrogen-bond acceptors (Lipinski definition) is 5. The maximum Gasteiger partial charge on any atom is 0.315 e. The second-order valence-electron chi connectivity index (χ2n) is 6.83. The predicted molar refractivity (Wildman–Crippen MR) is 102 cm³/mol. The molecule has 2 heterocycles. The van der Waals surface area contributed by atoms with Crippen molar-refractivity contribution < 1.29 is 19.1 Å². The van der Waals surface area contributed by atoms with E-state index in [1.807, 2.05) is 11.8 Å². The van der Waals surface area contributed by atoms with Crippen LogP contribution in [-0.4, -0.2) is 54.1 Å². The van der Waals surface area contributed by atoms with Crippen molar-refractivity contribution in [1.29, 1.82) is 0 Å².